The molecule has 1 saturated heterocycles. The smallest absolute Gasteiger partial charge is 0.207 e. The molecule has 0 spiro atoms. The minimum atomic E-state index is -3.51. The lowest BCUT2D eigenvalue weighted by Crippen LogP contribution is -2.31. The number of sulfonamides is 1. The summed E-state index contributed by atoms with van der Waals surface area (Å²) in [6, 6.07) is 13.1. The van der Waals surface area contributed by atoms with Gasteiger partial charge in [0.25, 0.3) is 0 Å². The van der Waals surface area contributed by atoms with E-state index in [0.29, 0.717) is 16.5 Å². The van der Waals surface area contributed by atoms with Gasteiger partial charge in [0.15, 0.2) is 0 Å². The molecule has 5 heteroatoms. The Morgan fingerprint density at radius 1 is 0.960 bits per heavy atom. The van der Waals surface area contributed by atoms with Gasteiger partial charge < -0.3 is 0 Å². The molecular formula is C20H22ClNO2S. The first-order chi connectivity index (χ1) is 12.1. The fraction of sp³-hybridized carbons (Fsp3) is 0.400. The van der Waals surface area contributed by atoms with Crippen LogP contribution in [0.4, 0.5) is 0 Å². The summed E-state index contributed by atoms with van der Waals surface area (Å²) < 4.78 is 28.2. The third-order valence-corrected chi connectivity index (χ3v) is 7.64. The summed E-state index contributed by atoms with van der Waals surface area (Å²) in [7, 11) is -3.51. The minimum Gasteiger partial charge on any atom is -0.207 e. The Bertz CT molecular complexity index is 894. The highest BCUT2D eigenvalue weighted by Crippen LogP contribution is 2.39. The highest BCUT2D eigenvalue weighted by Gasteiger charge is 2.37. The Labute approximate surface area is 154 Å². The molecule has 0 aromatic heterocycles. The molecule has 25 heavy (non-hydrogen) atoms. The van der Waals surface area contributed by atoms with Gasteiger partial charge in [-0.05, 0) is 73.4 Å². The number of benzene rings is 2. The number of nitrogens with zero attached hydrogens (tertiary/aromatic N) is 1. The van der Waals surface area contributed by atoms with Crippen LogP contribution in [0.25, 0.3) is 0 Å². The van der Waals surface area contributed by atoms with Crippen LogP contribution in [0.1, 0.15) is 48.4 Å². The summed E-state index contributed by atoms with van der Waals surface area (Å²) in [6.45, 7) is 0.551. The van der Waals surface area contributed by atoms with Crippen molar-refractivity contribution in [1.82, 2.24) is 4.31 Å². The number of rotatable bonds is 3. The zero-order chi connectivity index (χ0) is 17.4. The third kappa shape index (κ3) is 3.12. The van der Waals surface area contributed by atoms with E-state index in [1.807, 2.05) is 36.4 Å². The quantitative estimate of drug-likeness (QED) is 0.776. The van der Waals surface area contributed by atoms with E-state index < -0.39 is 10.0 Å². The summed E-state index contributed by atoms with van der Waals surface area (Å²) >= 11 is 6.34. The van der Waals surface area contributed by atoms with Gasteiger partial charge in [0.2, 0.25) is 10.0 Å². The maximum atomic E-state index is 13.3. The molecule has 2 aromatic rings. The molecule has 0 bridgehead atoms. The molecule has 0 unspecified atom stereocenters. The van der Waals surface area contributed by atoms with Gasteiger partial charge in [0.1, 0.15) is 0 Å². The Hall–Kier alpha value is -1.36. The molecule has 1 atom stereocenters. The van der Waals surface area contributed by atoms with Crippen LogP contribution in [0.3, 0.4) is 0 Å². The van der Waals surface area contributed by atoms with Crippen molar-refractivity contribution in [3.63, 3.8) is 0 Å². The molecule has 132 valence electrons. The lowest BCUT2D eigenvalue weighted by atomic mass is 9.92. The van der Waals surface area contributed by atoms with Crippen LogP contribution in [-0.4, -0.2) is 19.3 Å². The number of fused-ring (bicyclic) bond motifs is 1. The maximum absolute atomic E-state index is 13.3. The molecule has 0 N–H and O–H groups in total. The van der Waals surface area contributed by atoms with Crippen LogP contribution >= 0.6 is 11.6 Å². The van der Waals surface area contributed by atoms with Crippen LogP contribution in [0.2, 0.25) is 5.02 Å². The Morgan fingerprint density at radius 3 is 2.52 bits per heavy atom. The van der Waals surface area contributed by atoms with Gasteiger partial charge in [-0.15, -0.1) is 0 Å². The molecule has 0 saturated carbocycles. The molecule has 2 aromatic carbocycles. The fourth-order valence-corrected chi connectivity index (χ4v) is 6.08. The highest BCUT2D eigenvalue weighted by molar-refractivity contribution is 7.89. The van der Waals surface area contributed by atoms with Crippen LogP contribution in [0.5, 0.6) is 0 Å². The van der Waals surface area contributed by atoms with Crippen LogP contribution in [-0.2, 0) is 22.9 Å². The van der Waals surface area contributed by atoms with Crippen molar-refractivity contribution >= 4 is 21.6 Å². The van der Waals surface area contributed by atoms with Crippen LogP contribution in [0, 0.1) is 0 Å². The number of hydrogen-bond donors (Lipinski definition) is 0. The predicted molar refractivity (Wildman–Crippen MR) is 100 cm³/mol. The van der Waals surface area contributed by atoms with Gasteiger partial charge >= 0.3 is 0 Å². The molecule has 0 amide bonds. The fourth-order valence-electron chi connectivity index (χ4n) is 4.09. The molecule has 3 nitrogen and oxygen atoms in total. The average molecular weight is 376 g/mol. The van der Waals surface area contributed by atoms with E-state index in [2.05, 4.69) is 0 Å². The first-order valence-electron chi connectivity index (χ1n) is 8.95. The molecule has 1 fully saturated rings. The van der Waals surface area contributed by atoms with Crippen molar-refractivity contribution in [2.24, 2.45) is 0 Å². The van der Waals surface area contributed by atoms with Gasteiger partial charge in [0, 0.05) is 11.6 Å². The van der Waals surface area contributed by atoms with Gasteiger partial charge in [-0.2, -0.15) is 4.31 Å². The summed E-state index contributed by atoms with van der Waals surface area (Å²) in [4.78, 5) is 0.423. The maximum Gasteiger partial charge on any atom is 0.243 e. The van der Waals surface area contributed by atoms with Crippen molar-refractivity contribution in [2.75, 3.05) is 6.54 Å². The number of hydrogen-bond acceptors (Lipinski definition) is 2. The average Bonchev–Trinajstić information content (AvgIpc) is 3.12. The summed E-state index contributed by atoms with van der Waals surface area (Å²) in [6.07, 6.45) is 6.05. The van der Waals surface area contributed by atoms with Crippen LogP contribution in [0.15, 0.2) is 47.4 Å². The SMILES string of the molecule is O=S(=O)(c1ccc2c(c1)CCCC2)N1CCC[C@@H]1c1ccccc1Cl. The van der Waals surface area contributed by atoms with E-state index in [9.17, 15) is 8.42 Å². The monoisotopic (exact) mass is 375 g/mol. The predicted octanol–water partition coefficient (Wildman–Crippen LogP) is 4.74. The van der Waals surface area contributed by atoms with Crippen molar-refractivity contribution in [1.29, 1.82) is 0 Å². The Kier molecular flexibility index (Phi) is 4.61. The van der Waals surface area contributed by atoms with E-state index in [4.69, 9.17) is 11.6 Å². The topological polar surface area (TPSA) is 37.4 Å². The first kappa shape index (κ1) is 17.1. The molecular weight excluding hydrogens is 354 g/mol. The zero-order valence-electron chi connectivity index (χ0n) is 14.1. The second kappa shape index (κ2) is 6.75. The normalized spacial score (nSPS) is 21.2. The van der Waals surface area contributed by atoms with E-state index in [0.717, 1.165) is 37.7 Å². The lowest BCUT2D eigenvalue weighted by molar-refractivity contribution is 0.396. The van der Waals surface area contributed by atoms with Gasteiger partial charge in [-0.1, -0.05) is 35.9 Å². The molecule has 4 rings (SSSR count). The summed E-state index contributed by atoms with van der Waals surface area (Å²) in [5.74, 6) is 0. The minimum absolute atomic E-state index is 0.172. The molecule has 0 radical (unpaired) electrons. The van der Waals surface area contributed by atoms with E-state index in [1.165, 1.54) is 17.5 Å². The molecule has 2 aliphatic rings. The highest BCUT2D eigenvalue weighted by atomic mass is 35.5. The van der Waals surface area contributed by atoms with Crippen LogP contribution < -0.4 is 0 Å². The van der Waals surface area contributed by atoms with Crippen molar-refractivity contribution in [2.45, 2.75) is 49.5 Å². The molecule has 1 aliphatic carbocycles. The van der Waals surface area contributed by atoms with Gasteiger partial charge in [-0.3, -0.25) is 0 Å². The van der Waals surface area contributed by atoms with E-state index in [-0.39, 0.29) is 6.04 Å². The first-order valence-corrected chi connectivity index (χ1v) is 10.8. The van der Waals surface area contributed by atoms with Crippen molar-refractivity contribution in [3.8, 4) is 0 Å². The zero-order valence-corrected chi connectivity index (χ0v) is 15.7. The number of aryl methyl sites for hydroxylation is 2. The van der Waals surface area contributed by atoms with Gasteiger partial charge in [0.05, 0.1) is 10.9 Å². The number of halogens is 1. The Morgan fingerprint density at radius 2 is 1.72 bits per heavy atom. The summed E-state index contributed by atoms with van der Waals surface area (Å²) in [5, 5.41) is 0.639. The molecule has 1 heterocycles. The molecule has 1 aliphatic heterocycles. The van der Waals surface area contributed by atoms with E-state index >= 15 is 0 Å². The lowest BCUT2D eigenvalue weighted by Gasteiger charge is -2.26. The second-order valence-corrected chi connectivity index (χ2v) is 9.23. The summed E-state index contributed by atoms with van der Waals surface area (Å²) in [5.41, 5.74) is 3.40. The van der Waals surface area contributed by atoms with E-state index in [1.54, 1.807) is 10.4 Å². The second-order valence-electron chi connectivity index (χ2n) is 6.93. The third-order valence-electron chi connectivity index (χ3n) is 5.39. The van der Waals surface area contributed by atoms with Crippen molar-refractivity contribution < 1.29 is 8.42 Å². The standard InChI is InChI=1S/C20H22ClNO2S/c21-19-9-4-3-8-18(19)20-10-5-13-22(20)25(23,24)17-12-11-15-6-1-2-7-16(15)14-17/h3-4,8-9,11-12,14,20H,1-2,5-7,10,13H2/t20-/m1/s1. The largest absolute Gasteiger partial charge is 0.243 e. The Balaban J connectivity index is 1.71. The van der Waals surface area contributed by atoms with Gasteiger partial charge in [-0.25, -0.2) is 8.42 Å². The van der Waals surface area contributed by atoms with Crippen molar-refractivity contribution in [3.05, 3.63) is 64.2 Å².